The predicted molar refractivity (Wildman–Crippen MR) is 74.4 cm³/mol. The van der Waals surface area contributed by atoms with Gasteiger partial charge in [-0.25, -0.2) is 0 Å². The third-order valence-electron chi connectivity index (χ3n) is 3.15. The Morgan fingerprint density at radius 3 is 2.72 bits per heavy atom. The minimum atomic E-state index is 1.03. The summed E-state index contributed by atoms with van der Waals surface area (Å²) in [6.07, 6.45) is 3.75. The van der Waals surface area contributed by atoms with Gasteiger partial charge in [0.2, 0.25) is 0 Å². The predicted octanol–water partition coefficient (Wildman–Crippen LogP) is 3.91. The zero-order chi connectivity index (χ0) is 12.5. The van der Waals surface area contributed by atoms with Crippen molar-refractivity contribution in [3.8, 4) is 11.1 Å². The SMILES string of the molecule is Cc1cc(-c2ccc3ncccc3c2)c(C)cn1. The van der Waals surface area contributed by atoms with Crippen molar-refractivity contribution in [2.45, 2.75) is 13.8 Å². The zero-order valence-electron chi connectivity index (χ0n) is 10.5. The van der Waals surface area contributed by atoms with Crippen molar-refractivity contribution >= 4 is 10.9 Å². The van der Waals surface area contributed by atoms with Crippen LogP contribution in [-0.2, 0) is 0 Å². The highest BCUT2D eigenvalue weighted by atomic mass is 14.7. The highest BCUT2D eigenvalue weighted by Crippen LogP contribution is 2.26. The summed E-state index contributed by atoms with van der Waals surface area (Å²) in [4.78, 5) is 8.66. The number of hydrogen-bond donors (Lipinski definition) is 0. The molecule has 0 unspecified atom stereocenters. The fourth-order valence-corrected chi connectivity index (χ4v) is 2.18. The average molecular weight is 234 g/mol. The van der Waals surface area contributed by atoms with Gasteiger partial charge in [0, 0.05) is 23.5 Å². The molecule has 88 valence electrons. The van der Waals surface area contributed by atoms with Crippen molar-refractivity contribution in [1.82, 2.24) is 9.97 Å². The van der Waals surface area contributed by atoms with E-state index in [1.165, 1.54) is 22.1 Å². The van der Waals surface area contributed by atoms with Crippen LogP contribution in [0.15, 0.2) is 48.8 Å². The van der Waals surface area contributed by atoms with Gasteiger partial charge in [-0.3, -0.25) is 9.97 Å². The van der Waals surface area contributed by atoms with Crippen molar-refractivity contribution < 1.29 is 0 Å². The van der Waals surface area contributed by atoms with E-state index >= 15 is 0 Å². The van der Waals surface area contributed by atoms with Crippen molar-refractivity contribution in [2.24, 2.45) is 0 Å². The van der Waals surface area contributed by atoms with Gasteiger partial charge in [-0.2, -0.15) is 0 Å². The molecule has 18 heavy (non-hydrogen) atoms. The van der Waals surface area contributed by atoms with E-state index in [9.17, 15) is 0 Å². The number of nitrogens with zero attached hydrogens (tertiary/aromatic N) is 2. The topological polar surface area (TPSA) is 25.8 Å². The number of rotatable bonds is 1. The van der Waals surface area contributed by atoms with E-state index in [0.717, 1.165) is 11.2 Å². The highest BCUT2D eigenvalue weighted by Gasteiger charge is 2.04. The lowest BCUT2D eigenvalue weighted by Gasteiger charge is -2.07. The normalized spacial score (nSPS) is 10.8. The smallest absolute Gasteiger partial charge is 0.0702 e. The van der Waals surface area contributed by atoms with Gasteiger partial charge in [0.1, 0.15) is 0 Å². The monoisotopic (exact) mass is 234 g/mol. The fourth-order valence-electron chi connectivity index (χ4n) is 2.18. The lowest BCUT2D eigenvalue weighted by atomic mass is 10.00. The van der Waals surface area contributed by atoms with E-state index in [4.69, 9.17) is 0 Å². The average Bonchev–Trinajstić information content (AvgIpc) is 2.41. The molecule has 0 aliphatic rings. The van der Waals surface area contributed by atoms with E-state index in [-0.39, 0.29) is 0 Å². The standard InChI is InChI=1S/C16H14N2/c1-11-10-18-12(2)8-15(11)13-5-6-16-14(9-13)4-3-7-17-16/h3-10H,1-2H3. The summed E-state index contributed by atoms with van der Waals surface area (Å²) in [7, 11) is 0. The first kappa shape index (κ1) is 10.9. The molecule has 0 aliphatic heterocycles. The molecule has 0 amide bonds. The molecular weight excluding hydrogens is 220 g/mol. The van der Waals surface area contributed by atoms with Crippen molar-refractivity contribution in [3.63, 3.8) is 0 Å². The Labute approximate surface area is 106 Å². The molecular formula is C16H14N2. The maximum absolute atomic E-state index is 4.34. The maximum Gasteiger partial charge on any atom is 0.0702 e. The van der Waals surface area contributed by atoms with E-state index < -0.39 is 0 Å². The number of benzene rings is 1. The Balaban J connectivity index is 2.22. The Bertz CT molecular complexity index is 717. The van der Waals surface area contributed by atoms with Gasteiger partial charge in [0.25, 0.3) is 0 Å². The molecule has 2 nitrogen and oxygen atoms in total. The van der Waals surface area contributed by atoms with Crippen molar-refractivity contribution in [1.29, 1.82) is 0 Å². The summed E-state index contributed by atoms with van der Waals surface area (Å²) < 4.78 is 0. The number of fused-ring (bicyclic) bond motifs is 1. The van der Waals surface area contributed by atoms with Gasteiger partial charge >= 0.3 is 0 Å². The summed E-state index contributed by atoms with van der Waals surface area (Å²) in [5.41, 5.74) is 5.74. The second kappa shape index (κ2) is 4.22. The van der Waals surface area contributed by atoms with E-state index in [1.807, 2.05) is 25.4 Å². The van der Waals surface area contributed by atoms with Crippen LogP contribution in [0.2, 0.25) is 0 Å². The van der Waals surface area contributed by atoms with Crippen LogP contribution in [0.4, 0.5) is 0 Å². The summed E-state index contributed by atoms with van der Waals surface area (Å²) in [6, 6.07) is 12.6. The number of hydrogen-bond acceptors (Lipinski definition) is 2. The van der Waals surface area contributed by atoms with Gasteiger partial charge in [-0.15, -0.1) is 0 Å². The highest BCUT2D eigenvalue weighted by molar-refractivity contribution is 5.84. The lowest BCUT2D eigenvalue weighted by molar-refractivity contribution is 1.17. The van der Waals surface area contributed by atoms with Gasteiger partial charge in [0.15, 0.2) is 0 Å². The summed E-state index contributed by atoms with van der Waals surface area (Å²) in [6.45, 7) is 4.11. The minimum Gasteiger partial charge on any atom is -0.261 e. The minimum absolute atomic E-state index is 1.03. The fraction of sp³-hybridized carbons (Fsp3) is 0.125. The molecule has 0 spiro atoms. The zero-order valence-corrected chi connectivity index (χ0v) is 10.5. The van der Waals surface area contributed by atoms with Crippen LogP contribution in [0, 0.1) is 13.8 Å². The molecule has 0 radical (unpaired) electrons. The molecule has 0 fully saturated rings. The molecule has 0 saturated carbocycles. The number of aryl methyl sites for hydroxylation is 2. The first-order valence-electron chi connectivity index (χ1n) is 6.02. The third kappa shape index (κ3) is 1.86. The van der Waals surface area contributed by atoms with E-state index in [0.29, 0.717) is 0 Å². The van der Waals surface area contributed by atoms with Crippen LogP contribution in [0.5, 0.6) is 0 Å². The summed E-state index contributed by atoms with van der Waals surface area (Å²) >= 11 is 0. The van der Waals surface area contributed by atoms with Crippen LogP contribution in [0.1, 0.15) is 11.3 Å². The largest absolute Gasteiger partial charge is 0.261 e. The van der Waals surface area contributed by atoms with Crippen LogP contribution in [0.25, 0.3) is 22.0 Å². The quantitative estimate of drug-likeness (QED) is 0.638. The van der Waals surface area contributed by atoms with Crippen LogP contribution in [-0.4, -0.2) is 9.97 Å². The molecule has 0 aliphatic carbocycles. The van der Waals surface area contributed by atoms with Crippen LogP contribution in [0.3, 0.4) is 0 Å². The molecule has 0 bridgehead atoms. The van der Waals surface area contributed by atoms with Gasteiger partial charge < -0.3 is 0 Å². The van der Waals surface area contributed by atoms with Crippen LogP contribution < -0.4 is 0 Å². The van der Waals surface area contributed by atoms with Crippen molar-refractivity contribution in [2.75, 3.05) is 0 Å². The number of pyridine rings is 2. The first-order chi connectivity index (χ1) is 8.74. The van der Waals surface area contributed by atoms with Crippen LogP contribution >= 0.6 is 0 Å². The Kier molecular flexibility index (Phi) is 2.56. The molecule has 2 heterocycles. The Morgan fingerprint density at radius 1 is 0.944 bits per heavy atom. The van der Waals surface area contributed by atoms with Gasteiger partial charge in [-0.1, -0.05) is 12.1 Å². The third-order valence-corrected chi connectivity index (χ3v) is 3.15. The lowest BCUT2D eigenvalue weighted by Crippen LogP contribution is -1.88. The second-order valence-electron chi connectivity index (χ2n) is 4.55. The summed E-state index contributed by atoms with van der Waals surface area (Å²) in [5, 5.41) is 1.17. The first-order valence-corrected chi connectivity index (χ1v) is 6.02. The number of aromatic nitrogens is 2. The molecule has 0 N–H and O–H groups in total. The molecule has 1 aromatic carbocycles. The Morgan fingerprint density at radius 2 is 1.83 bits per heavy atom. The molecule has 2 aromatic heterocycles. The molecule has 3 rings (SSSR count). The van der Waals surface area contributed by atoms with E-state index in [2.05, 4.69) is 47.2 Å². The van der Waals surface area contributed by atoms with E-state index in [1.54, 1.807) is 0 Å². The maximum atomic E-state index is 4.34. The van der Waals surface area contributed by atoms with Gasteiger partial charge in [-0.05, 0) is 54.8 Å². The second-order valence-corrected chi connectivity index (χ2v) is 4.55. The molecule has 0 saturated heterocycles. The van der Waals surface area contributed by atoms with Gasteiger partial charge in [0.05, 0.1) is 5.52 Å². The Hall–Kier alpha value is -2.22. The molecule has 3 aromatic rings. The van der Waals surface area contributed by atoms with Crippen molar-refractivity contribution in [3.05, 3.63) is 60.0 Å². The molecule has 2 heteroatoms. The molecule has 0 atom stereocenters. The summed E-state index contributed by atoms with van der Waals surface area (Å²) in [5.74, 6) is 0.